The molecule has 3 aromatic rings. The maximum absolute atomic E-state index is 12.6. The molecule has 3 N–H and O–H groups in total. The average molecular weight is 463 g/mol. The molecule has 2 aliphatic heterocycles. The monoisotopic (exact) mass is 462 g/mol. The first kappa shape index (κ1) is 21.0. The molecule has 0 fully saturated rings. The molecule has 168 valence electrons. The molecule has 0 atom stereocenters. The van der Waals surface area contributed by atoms with Gasteiger partial charge in [-0.25, -0.2) is 4.99 Å². The number of ether oxygens (including phenoxy) is 2. The van der Waals surface area contributed by atoms with Crippen LogP contribution in [0.3, 0.4) is 0 Å². The number of aliphatic imine (C=N–C) groups is 1. The number of aromatic hydroxyl groups is 1. The summed E-state index contributed by atoms with van der Waals surface area (Å²) >= 11 is 1.36. The van der Waals surface area contributed by atoms with Crippen LogP contribution in [0.15, 0.2) is 47.5 Å². The summed E-state index contributed by atoms with van der Waals surface area (Å²) < 4.78 is 10.6. The van der Waals surface area contributed by atoms with Crippen LogP contribution in [0.2, 0.25) is 0 Å². The molecule has 8 nitrogen and oxygen atoms in total. The molecule has 3 heterocycles. The van der Waals surface area contributed by atoms with E-state index in [1.54, 1.807) is 14.2 Å². The van der Waals surface area contributed by atoms with Crippen molar-refractivity contribution in [2.45, 2.75) is 13.0 Å². The van der Waals surface area contributed by atoms with Crippen LogP contribution in [0.1, 0.15) is 22.4 Å². The molecular formula is C24H22N4O4S. The topological polar surface area (TPSA) is 105 Å². The fourth-order valence-corrected chi connectivity index (χ4v) is 4.98. The molecule has 0 radical (unpaired) electrons. The van der Waals surface area contributed by atoms with Crippen LogP contribution < -0.4 is 20.1 Å². The number of carbonyl (C=O) groups is 1. The van der Waals surface area contributed by atoms with Crippen molar-refractivity contribution in [3.63, 3.8) is 0 Å². The van der Waals surface area contributed by atoms with Crippen molar-refractivity contribution >= 4 is 44.9 Å². The van der Waals surface area contributed by atoms with Gasteiger partial charge in [0, 0.05) is 24.2 Å². The maximum Gasteiger partial charge on any atom is 0.270 e. The molecule has 0 bridgehead atoms. The van der Waals surface area contributed by atoms with Crippen LogP contribution in [-0.4, -0.2) is 42.5 Å². The summed E-state index contributed by atoms with van der Waals surface area (Å²) in [6.45, 7) is 0.957. The number of amides is 1. The molecule has 2 aromatic carbocycles. The lowest BCUT2D eigenvalue weighted by molar-refractivity contribution is -0.114. The minimum absolute atomic E-state index is 0.0598. The highest BCUT2D eigenvalue weighted by atomic mass is 32.1. The minimum Gasteiger partial charge on any atom is -0.493 e. The van der Waals surface area contributed by atoms with Gasteiger partial charge in [0.25, 0.3) is 5.91 Å². The normalized spacial score (nSPS) is 14.7. The average Bonchev–Trinajstić information content (AvgIpc) is 3.36. The third kappa shape index (κ3) is 3.80. The Labute approximate surface area is 194 Å². The predicted molar refractivity (Wildman–Crippen MR) is 129 cm³/mol. The van der Waals surface area contributed by atoms with Crippen molar-refractivity contribution in [3.8, 4) is 17.4 Å². The zero-order chi connectivity index (χ0) is 22.9. The number of benzene rings is 2. The molecule has 0 saturated heterocycles. The molecule has 1 aromatic heterocycles. The number of methoxy groups -OCH3 is 2. The first-order chi connectivity index (χ1) is 16.1. The molecule has 0 unspecified atom stereocenters. The molecule has 0 aliphatic carbocycles. The molecule has 0 saturated carbocycles. The van der Waals surface area contributed by atoms with Gasteiger partial charge in [-0.2, -0.15) is 4.98 Å². The lowest BCUT2D eigenvalue weighted by Gasteiger charge is -2.10. The third-order valence-electron chi connectivity index (χ3n) is 5.59. The highest BCUT2D eigenvalue weighted by molar-refractivity contribution is 7.17. The number of hydrogen-bond acceptors (Lipinski definition) is 8. The van der Waals surface area contributed by atoms with Crippen LogP contribution >= 0.6 is 11.3 Å². The fraction of sp³-hybridized carbons (Fsp3) is 0.208. The summed E-state index contributed by atoms with van der Waals surface area (Å²) in [4.78, 5) is 22.1. The number of anilines is 1. The summed E-state index contributed by atoms with van der Waals surface area (Å²) in [6.07, 6.45) is 0.569. The number of thiazole rings is 1. The van der Waals surface area contributed by atoms with Crippen LogP contribution in [-0.2, 0) is 11.3 Å². The van der Waals surface area contributed by atoms with E-state index in [2.05, 4.69) is 20.6 Å². The quantitative estimate of drug-likeness (QED) is 0.512. The molecule has 33 heavy (non-hydrogen) atoms. The van der Waals surface area contributed by atoms with Gasteiger partial charge in [0.2, 0.25) is 5.88 Å². The summed E-state index contributed by atoms with van der Waals surface area (Å²) in [5.41, 5.74) is 4.66. The van der Waals surface area contributed by atoms with Crippen LogP contribution in [0.25, 0.3) is 11.1 Å². The largest absolute Gasteiger partial charge is 0.493 e. The summed E-state index contributed by atoms with van der Waals surface area (Å²) in [6, 6.07) is 13.3. The van der Waals surface area contributed by atoms with Crippen LogP contribution in [0.5, 0.6) is 17.4 Å². The van der Waals surface area contributed by atoms with E-state index in [0.717, 1.165) is 28.0 Å². The third-order valence-corrected chi connectivity index (χ3v) is 6.66. The van der Waals surface area contributed by atoms with Gasteiger partial charge in [-0.05, 0) is 35.8 Å². The Bertz CT molecular complexity index is 1310. The van der Waals surface area contributed by atoms with Gasteiger partial charge in [0.1, 0.15) is 5.71 Å². The van der Waals surface area contributed by atoms with E-state index in [1.165, 1.54) is 11.3 Å². The van der Waals surface area contributed by atoms with Crippen molar-refractivity contribution in [2.24, 2.45) is 4.99 Å². The van der Waals surface area contributed by atoms with E-state index in [-0.39, 0.29) is 11.8 Å². The molecule has 1 amide bonds. The lowest BCUT2D eigenvalue weighted by atomic mass is 9.95. The van der Waals surface area contributed by atoms with Gasteiger partial charge < -0.3 is 25.2 Å². The Balaban J connectivity index is 1.47. The van der Waals surface area contributed by atoms with E-state index < -0.39 is 0 Å². The molecule has 2 aliphatic rings. The highest BCUT2D eigenvalue weighted by Gasteiger charge is 2.33. The van der Waals surface area contributed by atoms with Gasteiger partial charge >= 0.3 is 0 Å². The highest BCUT2D eigenvalue weighted by Crippen LogP contribution is 2.45. The van der Waals surface area contributed by atoms with Gasteiger partial charge in [0.15, 0.2) is 16.6 Å². The van der Waals surface area contributed by atoms with E-state index in [9.17, 15) is 9.90 Å². The zero-order valence-electron chi connectivity index (χ0n) is 18.1. The number of carbonyl (C=O) groups excluding carboxylic acids is 1. The van der Waals surface area contributed by atoms with Gasteiger partial charge in [-0.15, -0.1) is 0 Å². The first-order valence-electron chi connectivity index (χ1n) is 10.4. The predicted octanol–water partition coefficient (Wildman–Crippen LogP) is 3.99. The fourth-order valence-electron chi connectivity index (χ4n) is 4.05. The second-order valence-electron chi connectivity index (χ2n) is 7.55. The van der Waals surface area contributed by atoms with Gasteiger partial charge in [-0.1, -0.05) is 35.6 Å². The first-order valence-corrected chi connectivity index (χ1v) is 11.3. The van der Waals surface area contributed by atoms with E-state index in [1.807, 2.05) is 42.5 Å². The Morgan fingerprint density at radius 1 is 1.15 bits per heavy atom. The SMILES string of the molecule is COc1ccc(CNc2nc(O)c(C3=C4C(=Nc5ccccc54)C(=O)NCC3)s2)cc1OC. The van der Waals surface area contributed by atoms with Crippen molar-refractivity contribution in [3.05, 3.63) is 58.5 Å². The number of nitrogens with zero attached hydrogens (tertiary/aromatic N) is 2. The Hall–Kier alpha value is -3.85. The smallest absolute Gasteiger partial charge is 0.270 e. The molecule has 0 spiro atoms. The molecule has 9 heteroatoms. The second-order valence-corrected chi connectivity index (χ2v) is 8.55. The van der Waals surface area contributed by atoms with Crippen LogP contribution in [0.4, 0.5) is 10.8 Å². The lowest BCUT2D eigenvalue weighted by Crippen LogP contribution is -2.29. The number of fused-ring (bicyclic) bond motifs is 3. The number of nitrogens with one attached hydrogen (secondary N) is 2. The van der Waals surface area contributed by atoms with Crippen molar-refractivity contribution < 1.29 is 19.4 Å². The number of rotatable bonds is 6. The molecular weight excluding hydrogens is 440 g/mol. The molecule has 5 rings (SSSR count). The summed E-state index contributed by atoms with van der Waals surface area (Å²) in [5, 5.41) is 17.4. The number of aromatic nitrogens is 1. The van der Waals surface area contributed by atoms with Gasteiger partial charge in [-0.3, -0.25) is 4.79 Å². The minimum atomic E-state index is -0.202. The second kappa shape index (κ2) is 8.59. The van der Waals surface area contributed by atoms with Gasteiger partial charge in [0.05, 0.1) is 24.8 Å². The van der Waals surface area contributed by atoms with E-state index in [4.69, 9.17) is 9.47 Å². The number of hydrogen-bond donors (Lipinski definition) is 3. The van der Waals surface area contributed by atoms with E-state index in [0.29, 0.717) is 46.7 Å². The Kier molecular flexibility index (Phi) is 5.47. The Morgan fingerprint density at radius 2 is 1.97 bits per heavy atom. The van der Waals surface area contributed by atoms with Crippen LogP contribution in [0, 0.1) is 0 Å². The summed E-state index contributed by atoms with van der Waals surface area (Å²) in [5.74, 6) is 1.05. The van der Waals surface area contributed by atoms with Crippen molar-refractivity contribution in [1.82, 2.24) is 10.3 Å². The standard InChI is InChI=1S/C24H22N4O4S/c1-31-17-8-7-13(11-18(17)32-2)12-26-24-28-23(30)21(33-24)15-9-10-25-22(29)20-19(15)14-5-3-4-6-16(14)27-20/h3-8,11,30H,9-10,12H2,1-2H3,(H,25,29)(H,26,28). The van der Waals surface area contributed by atoms with Crippen molar-refractivity contribution in [2.75, 3.05) is 26.1 Å². The maximum atomic E-state index is 12.6. The summed E-state index contributed by atoms with van der Waals surface area (Å²) in [7, 11) is 3.20. The van der Waals surface area contributed by atoms with Crippen molar-refractivity contribution in [1.29, 1.82) is 0 Å². The zero-order valence-corrected chi connectivity index (χ0v) is 19.0. The van der Waals surface area contributed by atoms with E-state index >= 15 is 0 Å². The Morgan fingerprint density at radius 3 is 2.79 bits per heavy atom. The number of para-hydroxylation sites is 1.